The predicted molar refractivity (Wildman–Crippen MR) is 72.4 cm³/mol. The number of rotatable bonds is 6. The van der Waals surface area contributed by atoms with E-state index < -0.39 is 5.97 Å². The molecular formula is C14H19NO5. The summed E-state index contributed by atoms with van der Waals surface area (Å²) >= 11 is 0. The minimum Gasteiger partial charge on any atom is -0.508 e. The van der Waals surface area contributed by atoms with E-state index in [4.69, 9.17) is 4.74 Å². The topological polar surface area (TPSA) is 95.9 Å². The summed E-state index contributed by atoms with van der Waals surface area (Å²) in [4.78, 5) is 22.8. The van der Waals surface area contributed by atoms with E-state index in [9.17, 15) is 19.8 Å². The Balaban J connectivity index is 2.51. The van der Waals surface area contributed by atoms with Gasteiger partial charge in [0.15, 0.2) is 0 Å². The van der Waals surface area contributed by atoms with Crippen molar-refractivity contribution in [3.63, 3.8) is 0 Å². The van der Waals surface area contributed by atoms with Gasteiger partial charge in [-0.3, -0.25) is 9.59 Å². The average molecular weight is 281 g/mol. The lowest BCUT2D eigenvalue weighted by Gasteiger charge is -2.13. The first-order chi connectivity index (χ1) is 9.43. The molecule has 6 heteroatoms. The number of aromatic hydroxyl groups is 2. The molecule has 20 heavy (non-hydrogen) atoms. The van der Waals surface area contributed by atoms with Crippen molar-refractivity contribution in [1.82, 2.24) is 5.32 Å². The van der Waals surface area contributed by atoms with E-state index in [1.165, 1.54) is 12.1 Å². The van der Waals surface area contributed by atoms with Gasteiger partial charge in [-0.25, -0.2) is 0 Å². The molecule has 6 nitrogen and oxygen atoms in total. The Hall–Kier alpha value is -2.24. The van der Waals surface area contributed by atoms with Crippen LogP contribution in [0.3, 0.4) is 0 Å². The normalized spacial score (nSPS) is 11.7. The van der Waals surface area contributed by atoms with Crippen molar-refractivity contribution >= 4 is 11.9 Å². The molecule has 0 bridgehead atoms. The Morgan fingerprint density at radius 3 is 2.65 bits per heavy atom. The summed E-state index contributed by atoms with van der Waals surface area (Å²) in [6.45, 7) is 3.57. The largest absolute Gasteiger partial charge is 0.508 e. The molecule has 1 unspecified atom stereocenters. The first kappa shape index (κ1) is 15.8. The van der Waals surface area contributed by atoms with Crippen LogP contribution < -0.4 is 5.32 Å². The van der Waals surface area contributed by atoms with Crippen LogP contribution in [0.15, 0.2) is 18.2 Å². The van der Waals surface area contributed by atoms with Crippen LogP contribution in [0.1, 0.15) is 31.7 Å². The van der Waals surface area contributed by atoms with Crippen LogP contribution in [0.25, 0.3) is 0 Å². The van der Waals surface area contributed by atoms with Gasteiger partial charge >= 0.3 is 5.97 Å². The van der Waals surface area contributed by atoms with Gasteiger partial charge in [0.1, 0.15) is 18.0 Å². The lowest BCUT2D eigenvalue weighted by atomic mass is 9.96. The second-order valence-corrected chi connectivity index (χ2v) is 4.43. The number of carbonyl (C=O) groups is 2. The molecule has 110 valence electrons. The predicted octanol–water partition coefficient (Wildman–Crippen LogP) is 1.27. The molecule has 0 saturated carbocycles. The van der Waals surface area contributed by atoms with Crippen LogP contribution in [-0.4, -0.2) is 35.2 Å². The molecule has 1 aromatic carbocycles. The van der Waals surface area contributed by atoms with E-state index in [0.717, 1.165) is 0 Å². The van der Waals surface area contributed by atoms with Crippen LogP contribution in [0.2, 0.25) is 0 Å². The molecule has 0 aliphatic heterocycles. The van der Waals surface area contributed by atoms with Crippen molar-refractivity contribution in [2.75, 3.05) is 13.2 Å². The highest BCUT2D eigenvalue weighted by Crippen LogP contribution is 2.30. The van der Waals surface area contributed by atoms with Crippen molar-refractivity contribution in [1.29, 1.82) is 0 Å². The molecule has 0 aliphatic rings. The number of carbonyl (C=O) groups excluding carboxylic acids is 2. The summed E-state index contributed by atoms with van der Waals surface area (Å²) in [5.74, 6) is -1.13. The second-order valence-electron chi connectivity index (χ2n) is 4.43. The monoisotopic (exact) mass is 281 g/mol. The molecule has 1 atom stereocenters. The summed E-state index contributed by atoms with van der Waals surface area (Å²) in [6, 6.07) is 4.23. The summed E-state index contributed by atoms with van der Waals surface area (Å²) < 4.78 is 4.69. The van der Waals surface area contributed by atoms with E-state index in [-0.39, 0.29) is 42.9 Å². The number of hydrogen-bond donors (Lipinski definition) is 3. The van der Waals surface area contributed by atoms with Crippen molar-refractivity contribution < 1.29 is 24.5 Å². The van der Waals surface area contributed by atoms with E-state index in [2.05, 4.69) is 5.32 Å². The van der Waals surface area contributed by atoms with Crippen molar-refractivity contribution in [2.24, 2.45) is 0 Å². The molecule has 1 rings (SSSR count). The van der Waals surface area contributed by atoms with Crippen LogP contribution in [0, 0.1) is 0 Å². The van der Waals surface area contributed by atoms with Gasteiger partial charge in [0.05, 0.1) is 6.61 Å². The zero-order chi connectivity index (χ0) is 15.1. The van der Waals surface area contributed by atoms with Crippen molar-refractivity contribution in [3.05, 3.63) is 23.8 Å². The number of phenolic OH excluding ortho intramolecular Hbond substituents is 2. The molecule has 0 aromatic heterocycles. The number of hydrogen-bond acceptors (Lipinski definition) is 5. The fourth-order valence-electron chi connectivity index (χ4n) is 1.79. The fraction of sp³-hybridized carbons (Fsp3) is 0.429. The molecule has 0 radical (unpaired) electrons. The van der Waals surface area contributed by atoms with E-state index in [0.29, 0.717) is 5.56 Å². The van der Waals surface area contributed by atoms with E-state index >= 15 is 0 Å². The van der Waals surface area contributed by atoms with Crippen LogP contribution >= 0.6 is 0 Å². The molecule has 3 N–H and O–H groups in total. The Morgan fingerprint density at radius 2 is 2.05 bits per heavy atom. The van der Waals surface area contributed by atoms with E-state index in [1.807, 2.05) is 0 Å². The number of esters is 1. The molecule has 0 spiro atoms. The maximum Gasteiger partial charge on any atom is 0.325 e. The summed E-state index contributed by atoms with van der Waals surface area (Å²) in [5, 5.41) is 21.4. The Kier molecular flexibility index (Phi) is 5.83. The van der Waals surface area contributed by atoms with Gasteiger partial charge in [0, 0.05) is 12.5 Å². The maximum atomic E-state index is 11.7. The molecular weight excluding hydrogens is 262 g/mol. The van der Waals surface area contributed by atoms with Gasteiger partial charge in [-0.2, -0.15) is 0 Å². The van der Waals surface area contributed by atoms with Crippen LogP contribution in [-0.2, 0) is 14.3 Å². The molecule has 1 amide bonds. The zero-order valence-corrected chi connectivity index (χ0v) is 11.5. The Labute approximate surface area is 117 Å². The molecule has 0 aliphatic carbocycles. The first-order valence-electron chi connectivity index (χ1n) is 6.38. The van der Waals surface area contributed by atoms with Gasteiger partial charge in [-0.1, -0.05) is 13.0 Å². The summed E-state index contributed by atoms with van der Waals surface area (Å²) in [5.41, 5.74) is 0.564. The van der Waals surface area contributed by atoms with Gasteiger partial charge in [0.2, 0.25) is 5.91 Å². The second kappa shape index (κ2) is 7.37. The van der Waals surface area contributed by atoms with Crippen LogP contribution in [0.5, 0.6) is 11.5 Å². The fourth-order valence-corrected chi connectivity index (χ4v) is 1.79. The standard InChI is InChI=1S/C14H19NO5/c1-3-20-14(19)8-15-13(18)6-9(2)11-5-4-10(16)7-12(11)17/h4-5,7,9,16-17H,3,6,8H2,1-2H3,(H,15,18). The van der Waals surface area contributed by atoms with Crippen LogP contribution in [0.4, 0.5) is 0 Å². The molecule has 0 saturated heterocycles. The number of amides is 1. The molecule has 0 heterocycles. The summed E-state index contributed by atoms with van der Waals surface area (Å²) in [7, 11) is 0. The lowest BCUT2D eigenvalue weighted by molar-refractivity contribution is -0.143. The highest BCUT2D eigenvalue weighted by molar-refractivity contribution is 5.82. The van der Waals surface area contributed by atoms with Crippen molar-refractivity contribution in [3.8, 4) is 11.5 Å². The average Bonchev–Trinajstić information content (AvgIpc) is 2.36. The maximum absolute atomic E-state index is 11.7. The van der Waals surface area contributed by atoms with Gasteiger partial charge < -0.3 is 20.3 Å². The first-order valence-corrected chi connectivity index (χ1v) is 6.38. The number of benzene rings is 1. The number of ether oxygens (including phenoxy) is 1. The third-order valence-corrected chi connectivity index (χ3v) is 2.77. The molecule has 1 aromatic rings. The SMILES string of the molecule is CCOC(=O)CNC(=O)CC(C)c1ccc(O)cc1O. The third-order valence-electron chi connectivity index (χ3n) is 2.77. The summed E-state index contributed by atoms with van der Waals surface area (Å²) in [6.07, 6.45) is 0.123. The number of phenols is 2. The smallest absolute Gasteiger partial charge is 0.325 e. The van der Waals surface area contributed by atoms with Crippen molar-refractivity contribution in [2.45, 2.75) is 26.2 Å². The zero-order valence-electron chi connectivity index (χ0n) is 11.5. The number of nitrogens with one attached hydrogen (secondary N) is 1. The minimum atomic E-state index is -0.485. The lowest BCUT2D eigenvalue weighted by Crippen LogP contribution is -2.31. The van der Waals surface area contributed by atoms with Gasteiger partial charge in [-0.15, -0.1) is 0 Å². The highest BCUT2D eigenvalue weighted by atomic mass is 16.5. The quantitative estimate of drug-likeness (QED) is 0.682. The Bertz CT molecular complexity index is 486. The third kappa shape index (κ3) is 4.79. The van der Waals surface area contributed by atoms with Gasteiger partial charge in [-0.05, 0) is 24.5 Å². The van der Waals surface area contributed by atoms with E-state index in [1.54, 1.807) is 19.9 Å². The van der Waals surface area contributed by atoms with Gasteiger partial charge in [0.25, 0.3) is 0 Å². The Morgan fingerprint density at radius 1 is 1.35 bits per heavy atom. The minimum absolute atomic E-state index is 0.0368. The highest BCUT2D eigenvalue weighted by Gasteiger charge is 2.15. The molecule has 0 fully saturated rings.